The number of aliphatic hydroxyl groups is 1. The van der Waals surface area contributed by atoms with Crippen molar-refractivity contribution in [2.75, 3.05) is 0 Å². The lowest BCUT2D eigenvalue weighted by Gasteiger charge is -2.61. The van der Waals surface area contributed by atoms with Gasteiger partial charge < -0.3 is 15.3 Å². The Labute approximate surface area is 263 Å². The van der Waals surface area contributed by atoms with Crippen molar-refractivity contribution in [3.05, 3.63) is 76.9 Å². The first kappa shape index (κ1) is 34.8. The lowest BCUT2D eigenvalue weighted by atomic mass is 9.38. The van der Waals surface area contributed by atoms with E-state index < -0.39 is 50.6 Å². The van der Waals surface area contributed by atoms with Crippen LogP contribution in [0.25, 0.3) is 5.76 Å². The summed E-state index contributed by atoms with van der Waals surface area (Å²) >= 11 is 0. The first-order chi connectivity index (χ1) is 20.3. The van der Waals surface area contributed by atoms with E-state index in [1.807, 2.05) is 61.5 Å². The number of carbonyl (C=O) groups is 3. The molecule has 1 aromatic carbocycles. The van der Waals surface area contributed by atoms with Crippen LogP contribution in [-0.4, -0.2) is 32.7 Å². The summed E-state index contributed by atoms with van der Waals surface area (Å²) in [6, 6.07) is 3.64. The predicted molar refractivity (Wildman–Crippen MR) is 176 cm³/mol. The second-order valence-corrected chi connectivity index (χ2v) is 14.3. The van der Waals surface area contributed by atoms with Crippen molar-refractivity contribution in [1.29, 1.82) is 0 Å². The first-order valence-electron chi connectivity index (χ1n) is 15.5. The van der Waals surface area contributed by atoms with Crippen LogP contribution in [0.15, 0.2) is 71.4 Å². The molecule has 2 aliphatic carbocycles. The summed E-state index contributed by atoms with van der Waals surface area (Å²) in [5.41, 5.74) is -0.603. The van der Waals surface area contributed by atoms with Crippen LogP contribution in [-0.2, 0) is 14.4 Å². The van der Waals surface area contributed by atoms with Crippen LogP contribution >= 0.6 is 0 Å². The van der Waals surface area contributed by atoms with Crippen LogP contribution in [0, 0.1) is 28.1 Å². The molecule has 0 aliphatic heterocycles. The van der Waals surface area contributed by atoms with Crippen molar-refractivity contribution in [3.8, 4) is 11.5 Å². The van der Waals surface area contributed by atoms with Crippen LogP contribution in [0.1, 0.15) is 99.5 Å². The highest BCUT2D eigenvalue weighted by molar-refractivity contribution is 6.41. The second-order valence-electron chi connectivity index (χ2n) is 14.3. The smallest absolute Gasteiger partial charge is 0.184 e. The highest BCUT2D eigenvalue weighted by Gasteiger charge is 2.74. The molecule has 0 spiro atoms. The highest BCUT2D eigenvalue weighted by atomic mass is 16.3. The molecular weight excluding hydrogens is 552 g/mol. The van der Waals surface area contributed by atoms with Crippen molar-refractivity contribution in [3.63, 3.8) is 0 Å². The fourth-order valence-corrected chi connectivity index (χ4v) is 7.16. The Kier molecular flexibility index (Phi) is 10.1. The first-order valence-corrected chi connectivity index (χ1v) is 15.5. The van der Waals surface area contributed by atoms with Crippen LogP contribution in [0.3, 0.4) is 0 Å². The van der Waals surface area contributed by atoms with E-state index in [-0.39, 0.29) is 42.4 Å². The maximum Gasteiger partial charge on any atom is 0.184 e. The minimum Gasteiger partial charge on any atom is -0.506 e. The van der Waals surface area contributed by atoms with Gasteiger partial charge in [0.1, 0.15) is 11.3 Å². The Morgan fingerprint density at radius 2 is 1.57 bits per heavy atom. The number of phenols is 2. The Hall–Kier alpha value is -3.67. The molecule has 2 fully saturated rings. The molecule has 0 unspecified atom stereocenters. The zero-order chi connectivity index (χ0) is 33.4. The van der Waals surface area contributed by atoms with Crippen LogP contribution in [0.5, 0.6) is 11.5 Å². The van der Waals surface area contributed by atoms with Gasteiger partial charge in [0, 0.05) is 5.56 Å². The number of rotatable bonds is 11. The van der Waals surface area contributed by atoms with Gasteiger partial charge in [-0.25, -0.2) is 0 Å². The Morgan fingerprint density at radius 3 is 2.09 bits per heavy atom. The standard InChI is InChI=1S/C38H50O6/c1-22(2)11-13-27(25(7)8)20-38-34(43)31(32(41)26-14-16-29(39)30(40)19-26)33(42)37(35(38)44,18-17-24(5)6)21-28(36(38,9)10)15-12-23(3)4/h12,14,16-17,19,27-28,39-41H,1,7,11,13,15,18,20-21H2,2-6,8-10H3/t27-,28-,37-,38+/m1/s1. The topological polar surface area (TPSA) is 112 Å². The molecule has 6 nitrogen and oxygen atoms in total. The van der Waals surface area contributed by atoms with Crippen molar-refractivity contribution in [2.45, 2.75) is 93.9 Å². The lowest BCUT2D eigenvalue weighted by Crippen LogP contribution is -2.70. The zero-order valence-corrected chi connectivity index (χ0v) is 27.8. The second kappa shape index (κ2) is 12.7. The molecule has 4 atom stereocenters. The summed E-state index contributed by atoms with van der Waals surface area (Å²) in [6.07, 6.45) is 6.44. The molecule has 2 bridgehead atoms. The number of allylic oxidation sites excluding steroid dienone is 7. The molecule has 0 saturated heterocycles. The Balaban J connectivity index is 2.46. The molecule has 2 aliphatic rings. The third-order valence-corrected chi connectivity index (χ3v) is 10.1. The van der Waals surface area contributed by atoms with Gasteiger partial charge >= 0.3 is 0 Å². The minimum absolute atomic E-state index is 0.00886. The quantitative estimate of drug-likeness (QED) is 0.0583. The number of fused-ring (bicyclic) bond motifs is 2. The number of aliphatic hydroxyl groups excluding tert-OH is 1. The summed E-state index contributed by atoms with van der Waals surface area (Å²) in [7, 11) is 0. The summed E-state index contributed by atoms with van der Waals surface area (Å²) in [5, 5.41) is 31.7. The SMILES string of the molecule is C=C(C)CC[C@H](C[C@@]12C(=O)C(=C(O)c3ccc(O)c(O)c3)C(=O)[C@@](CC=C(C)C)(C[C@@H](CC=C(C)C)C1(C)C)C2=O)C(=C)C. The molecule has 2 saturated carbocycles. The molecule has 1 aromatic rings. The van der Waals surface area contributed by atoms with Crippen molar-refractivity contribution in [1.82, 2.24) is 0 Å². The maximum absolute atomic E-state index is 15.2. The van der Waals surface area contributed by atoms with Crippen LogP contribution < -0.4 is 0 Å². The van der Waals surface area contributed by atoms with E-state index >= 15 is 9.59 Å². The van der Waals surface area contributed by atoms with E-state index in [1.54, 1.807) is 0 Å². The van der Waals surface area contributed by atoms with E-state index in [1.165, 1.54) is 12.1 Å². The fourth-order valence-electron chi connectivity index (χ4n) is 7.16. The molecule has 0 aromatic heterocycles. The maximum atomic E-state index is 15.2. The van der Waals surface area contributed by atoms with E-state index in [0.29, 0.717) is 19.3 Å². The van der Waals surface area contributed by atoms with E-state index in [9.17, 15) is 20.1 Å². The van der Waals surface area contributed by atoms with E-state index in [4.69, 9.17) is 0 Å². The van der Waals surface area contributed by atoms with Crippen molar-refractivity contribution in [2.24, 2.45) is 28.1 Å². The number of benzene rings is 1. The number of carbonyl (C=O) groups excluding carboxylic acids is 3. The summed E-state index contributed by atoms with van der Waals surface area (Å²) in [6.45, 7) is 23.9. The fraction of sp³-hybridized carbons (Fsp3) is 0.500. The van der Waals surface area contributed by atoms with Gasteiger partial charge in [-0.3, -0.25) is 14.4 Å². The van der Waals surface area contributed by atoms with Gasteiger partial charge in [0.2, 0.25) is 0 Å². The van der Waals surface area contributed by atoms with Gasteiger partial charge in [0.05, 0.1) is 10.8 Å². The zero-order valence-electron chi connectivity index (χ0n) is 27.8. The Morgan fingerprint density at radius 1 is 0.955 bits per heavy atom. The van der Waals surface area contributed by atoms with Crippen LogP contribution in [0.4, 0.5) is 0 Å². The monoisotopic (exact) mass is 602 g/mol. The van der Waals surface area contributed by atoms with Crippen molar-refractivity contribution >= 4 is 23.1 Å². The summed E-state index contributed by atoms with van der Waals surface area (Å²) in [5.74, 6) is -3.63. The molecule has 3 rings (SSSR count). The molecule has 0 heterocycles. The van der Waals surface area contributed by atoms with E-state index in [0.717, 1.165) is 28.4 Å². The van der Waals surface area contributed by atoms with Gasteiger partial charge in [-0.05, 0) is 116 Å². The van der Waals surface area contributed by atoms with Crippen LogP contribution in [0.2, 0.25) is 0 Å². The van der Waals surface area contributed by atoms with Crippen molar-refractivity contribution < 1.29 is 29.7 Å². The number of ketones is 3. The average molecular weight is 603 g/mol. The molecule has 44 heavy (non-hydrogen) atoms. The molecule has 238 valence electrons. The normalized spacial score (nSPS) is 26.1. The predicted octanol–water partition coefficient (Wildman–Crippen LogP) is 8.76. The molecule has 0 radical (unpaired) electrons. The number of phenolic OH excluding ortho intramolecular Hbond substituents is 2. The number of Topliss-reactive ketones (excluding diaryl/α,β-unsaturated/α-hetero) is 3. The molecule has 6 heteroatoms. The molecule has 0 amide bonds. The minimum atomic E-state index is -1.63. The molecule has 3 N–H and O–H groups in total. The number of hydrogen-bond acceptors (Lipinski definition) is 6. The third kappa shape index (κ3) is 6.00. The molecular formula is C38H50O6. The van der Waals surface area contributed by atoms with Gasteiger partial charge in [-0.1, -0.05) is 54.9 Å². The third-order valence-electron chi connectivity index (χ3n) is 10.1. The highest BCUT2D eigenvalue weighted by Crippen LogP contribution is 2.66. The Bertz CT molecular complexity index is 1480. The van der Waals surface area contributed by atoms with Gasteiger partial charge in [-0.15, -0.1) is 6.58 Å². The average Bonchev–Trinajstić information content (AvgIpc) is 2.92. The van der Waals surface area contributed by atoms with E-state index in [2.05, 4.69) is 19.2 Å². The van der Waals surface area contributed by atoms with Gasteiger partial charge in [0.15, 0.2) is 28.8 Å². The number of hydrogen-bond donors (Lipinski definition) is 3. The summed E-state index contributed by atoms with van der Waals surface area (Å²) < 4.78 is 0. The van der Waals surface area contributed by atoms with Gasteiger partial charge in [-0.2, -0.15) is 0 Å². The van der Waals surface area contributed by atoms with Gasteiger partial charge in [0.25, 0.3) is 0 Å². The summed E-state index contributed by atoms with van der Waals surface area (Å²) in [4.78, 5) is 44.9. The largest absolute Gasteiger partial charge is 0.506 e. The number of aromatic hydroxyl groups is 2. The lowest BCUT2D eigenvalue weighted by molar-refractivity contribution is -0.178.